The summed E-state index contributed by atoms with van der Waals surface area (Å²) in [7, 11) is 0. The zero-order valence-electron chi connectivity index (χ0n) is 13.3. The van der Waals surface area contributed by atoms with Gasteiger partial charge in [-0.2, -0.15) is 0 Å². The molecule has 1 aliphatic carbocycles. The van der Waals surface area contributed by atoms with Crippen LogP contribution in [0, 0.1) is 5.92 Å². The molecule has 20 heavy (non-hydrogen) atoms. The van der Waals surface area contributed by atoms with Gasteiger partial charge in [0, 0.05) is 30.4 Å². The van der Waals surface area contributed by atoms with E-state index in [1.165, 1.54) is 24.1 Å². The van der Waals surface area contributed by atoms with Crippen molar-refractivity contribution in [2.45, 2.75) is 58.0 Å². The number of hydrogen-bond donors (Lipinski definition) is 1. The van der Waals surface area contributed by atoms with Gasteiger partial charge in [-0.3, -0.25) is 0 Å². The second kappa shape index (κ2) is 5.07. The lowest BCUT2D eigenvalue weighted by atomic mass is 9.90. The summed E-state index contributed by atoms with van der Waals surface area (Å²) in [6, 6.07) is 9.71. The highest BCUT2D eigenvalue weighted by atomic mass is 15.3. The van der Waals surface area contributed by atoms with Gasteiger partial charge < -0.3 is 10.2 Å². The molecule has 1 aromatic carbocycles. The van der Waals surface area contributed by atoms with Crippen molar-refractivity contribution in [3.8, 4) is 0 Å². The van der Waals surface area contributed by atoms with Gasteiger partial charge in [0.15, 0.2) is 0 Å². The lowest BCUT2D eigenvalue weighted by Crippen LogP contribution is -2.63. The van der Waals surface area contributed by atoms with Crippen molar-refractivity contribution in [1.82, 2.24) is 5.32 Å². The third kappa shape index (κ3) is 2.58. The van der Waals surface area contributed by atoms with Crippen LogP contribution in [0.25, 0.3) is 0 Å². The molecule has 2 fully saturated rings. The van der Waals surface area contributed by atoms with E-state index in [2.05, 4.69) is 62.2 Å². The second-order valence-corrected chi connectivity index (χ2v) is 7.30. The molecule has 0 spiro atoms. The van der Waals surface area contributed by atoms with Crippen LogP contribution in [0.4, 0.5) is 5.69 Å². The van der Waals surface area contributed by atoms with Crippen LogP contribution in [0.3, 0.4) is 0 Å². The van der Waals surface area contributed by atoms with Gasteiger partial charge in [0.05, 0.1) is 0 Å². The molecule has 0 radical (unpaired) electrons. The fourth-order valence-electron chi connectivity index (χ4n) is 3.46. The minimum absolute atomic E-state index is 0.306. The molecule has 1 saturated carbocycles. The molecule has 2 atom stereocenters. The van der Waals surface area contributed by atoms with Crippen LogP contribution in [0.5, 0.6) is 0 Å². The maximum absolute atomic E-state index is 3.80. The Morgan fingerprint density at radius 3 is 2.70 bits per heavy atom. The Bertz CT molecular complexity index is 478. The Morgan fingerprint density at radius 1 is 1.30 bits per heavy atom. The first kappa shape index (κ1) is 13.9. The SMILES string of the molecule is CC(C)c1cccc(N2CC(C)(C3CC3)NCC2C)c1. The van der Waals surface area contributed by atoms with Gasteiger partial charge in [-0.25, -0.2) is 0 Å². The average molecular weight is 272 g/mol. The van der Waals surface area contributed by atoms with Crippen LogP contribution in [0.15, 0.2) is 24.3 Å². The Labute approximate surface area is 123 Å². The predicted molar refractivity (Wildman–Crippen MR) is 86.5 cm³/mol. The zero-order valence-corrected chi connectivity index (χ0v) is 13.3. The normalized spacial score (nSPS) is 30.9. The smallest absolute Gasteiger partial charge is 0.0387 e. The van der Waals surface area contributed by atoms with E-state index in [1.807, 2.05) is 0 Å². The molecule has 1 aromatic rings. The van der Waals surface area contributed by atoms with E-state index in [0.717, 1.165) is 19.0 Å². The number of nitrogens with zero attached hydrogens (tertiary/aromatic N) is 1. The predicted octanol–water partition coefficient (Wildman–Crippen LogP) is 3.78. The van der Waals surface area contributed by atoms with E-state index in [1.54, 1.807) is 0 Å². The van der Waals surface area contributed by atoms with Crippen LogP contribution in [0.1, 0.15) is 52.0 Å². The van der Waals surface area contributed by atoms with Crippen molar-refractivity contribution in [2.75, 3.05) is 18.0 Å². The van der Waals surface area contributed by atoms with Crippen molar-refractivity contribution in [3.63, 3.8) is 0 Å². The first-order chi connectivity index (χ1) is 9.49. The molecule has 2 nitrogen and oxygen atoms in total. The third-order valence-corrected chi connectivity index (χ3v) is 5.18. The van der Waals surface area contributed by atoms with Crippen molar-refractivity contribution >= 4 is 5.69 Å². The summed E-state index contributed by atoms with van der Waals surface area (Å²) in [5.41, 5.74) is 3.15. The van der Waals surface area contributed by atoms with Gasteiger partial charge in [-0.1, -0.05) is 26.0 Å². The molecule has 2 aliphatic rings. The van der Waals surface area contributed by atoms with Gasteiger partial charge in [0.2, 0.25) is 0 Å². The van der Waals surface area contributed by atoms with Gasteiger partial charge in [-0.05, 0) is 56.2 Å². The van der Waals surface area contributed by atoms with Crippen LogP contribution in [0.2, 0.25) is 0 Å². The molecule has 0 aromatic heterocycles. The van der Waals surface area contributed by atoms with Crippen LogP contribution < -0.4 is 10.2 Å². The molecule has 1 heterocycles. The summed E-state index contributed by atoms with van der Waals surface area (Å²) >= 11 is 0. The molecular weight excluding hydrogens is 244 g/mol. The van der Waals surface area contributed by atoms with Crippen LogP contribution in [-0.4, -0.2) is 24.7 Å². The molecule has 1 N–H and O–H groups in total. The van der Waals surface area contributed by atoms with Gasteiger partial charge in [0.1, 0.15) is 0 Å². The highest BCUT2D eigenvalue weighted by Gasteiger charge is 2.45. The Hall–Kier alpha value is -1.02. The summed E-state index contributed by atoms with van der Waals surface area (Å²) in [5, 5.41) is 3.80. The first-order valence-corrected chi connectivity index (χ1v) is 8.11. The molecular formula is C18H28N2. The number of benzene rings is 1. The Morgan fingerprint density at radius 2 is 2.05 bits per heavy atom. The molecule has 1 saturated heterocycles. The fraction of sp³-hybridized carbons (Fsp3) is 0.667. The topological polar surface area (TPSA) is 15.3 Å². The molecule has 110 valence electrons. The quantitative estimate of drug-likeness (QED) is 0.901. The highest BCUT2D eigenvalue weighted by molar-refractivity contribution is 5.51. The zero-order chi connectivity index (χ0) is 14.3. The van der Waals surface area contributed by atoms with E-state index in [9.17, 15) is 0 Å². The van der Waals surface area contributed by atoms with E-state index >= 15 is 0 Å². The average Bonchev–Trinajstić information content (AvgIpc) is 3.27. The van der Waals surface area contributed by atoms with Crippen molar-refractivity contribution in [3.05, 3.63) is 29.8 Å². The van der Waals surface area contributed by atoms with Crippen LogP contribution in [-0.2, 0) is 0 Å². The molecule has 2 unspecified atom stereocenters. The summed E-state index contributed by atoms with van der Waals surface area (Å²) in [5.74, 6) is 1.48. The Kier molecular flexibility index (Phi) is 3.53. The second-order valence-electron chi connectivity index (χ2n) is 7.30. The van der Waals surface area contributed by atoms with Crippen molar-refractivity contribution < 1.29 is 0 Å². The van der Waals surface area contributed by atoms with Crippen molar-refractivity contribution in [1.29, 1.82) is 0 Å². The third-order valence-electron chi connectivity index (χ3n) is 5.18. The molecule has 0 amide bonds. The summed E-state index contributed by atoms with van der Waals surface area (Å²) in [6.45, 7) is 11.5. The van der Waals surface area contributed by atoms with Gasteiger partial charge in [-0.15, -0.1) is 0 Å². The highest BCUT2D eigenvalue weighted by Crippen LogP contribution is 2.42. The lowest BCUT2D eigenvalue weighted by Gasteiger charge is -2.47. The first-order valence-electron chi connectivity index (χ1n) is 8.11. The number of piperazine rings is 1. The summed E-state index contributed by atoms with van der Waals surface area (Å²) in [6.07, 6.45) is 2.80. The summed E-state index contributed by atoms with van der Waals surface area (Å²) < 4.78 is 0. The molecule has 1 aliphatic heterocycles. The minimum Gasteiger partial charge on any atom is -0.366 e. The lowest BCUT2D eigenvalue weighted by molar-refractivity contribution is 0.261. The molecule has 2 heteroatoms. The molecule has 3 rings (SSSR count). The Balaban J connectivity index is 1.85. The minimum atomic E-state index is 0.306. The van der Waals surface area contributed by atoms with Gasteiger partial charge in [0.25, 0.3) is 0 Å². The maximum atomic E-state index is 3.80. The van der Waals surface area contributed by atoms with Crippen LogP contribution >= 0.6 is 0 Å². The number of hydrogen-bond acceptors (Lipinski definition) is 2. The van der Waals surface area contributed by atoms with E-state index in [-0.39, 0.29) is 0 Å². The van der Waals surface area contributed by atoms with E-state index < -0.39 is 0 Å². The van der Waals surface area contributed by atoms with E-state index in [0.29, 0.717) is 17.5 Å². The fourth-order valence-corrected chi connectivity index (χ4v) is 3.46. The monoisotopic (exact) mass is 272 g/mol. The summed E-state index contributed by atoms with van der Waals surface area (Å²) in [4.78, 5) is 2.61. The number of rotatable bonds is 3. The molecule has 0 bridgehead atoms. The maximum Gasteiger partial charge on any atom is 0.0387 e. The standard InChI is InChI=1S/C18H28N2/c1-13(2)15-6-5-7-17(10-15)20-12-18(4,16-8-9-16)19-11-14(20)3/h5-7,10,13-14,16,19H,8-9,11-12H2,1-4H3. The number of anilines is 1. The van der Waals surface area contributed by atoms with Crippen molar-refractivity contribution in [2.24, 2.45) is 5.92 Å². The van der Waals surface area contributed by atoms with E-state index in [4.69, 9.17) is 0 Å². The van der Waals surface area contributed by atoms with Gasteiger partial charge >= 0.3 is 0 Å². The largest absolute Gasteiger partial charge is 0.366 e. The number of nitrogens with one attached hydrogen (secondary N) is 1.